The Hall–Kier alpha value is -8.08. The zero-order chi connectivity index (χ0) is 46.3. The minimum atomic E-state index is -0.00641. The maximum Gasteiger partial charge on any atom is 0.137 e. The van der Waals surface area contributed by atoms with Crippen molar-refractivity contribution >= 4 is 99.5 Å². The Labute approximate surface area is 397 Å². The van der Waals surface area contributed by atoms with E-state index in [9.17, 15) is 0 Å². The van der Waals surface area contributed by atoms with Gasteiger partial charge in [0, 0.05) is 67.8 Å². The highest BCUT2D eigenvalue weighted by Crippen LogP contribution is 2.44. The Morgan fingerprint density at radius 2 is 0.750 bits per heavy atom. The molecule has 12 aromatic rings. The molecular formula is C64H52N2O2. The van der Waals surface area contributed by atoms with E-state index in [1.165, 1.54) is 33.0 Å². The monoisotopic (exact) mass is 880 g/mol. The van der Waals surface area contributed by atoms with Gasteiger partial charge in [-0.15, -0.1) is 0 Å². The van der Waals surface area contributed by atoms with Crippen molar-refractivity contribution in [1.82, 2.24) is 0 Å². The average Bonchev–Trinajstić information content (AvgIpc) is 3.88. The lowest BCUT2D eigenvalue weighted by Crippen LogP contribution is -2.14. The third-order valence-electron chi connectivity index (χ3n) is 13.7. The summed E-state index contributed by atoms with van der Waals surface area (Å²) in [6, 6.07) is 74.6. The predicted molar refractivity (Wildman–Crippen MR) is 288 cm³/mol. The molecule has 0 saturated carbocycles. The minimum Gasteiger partial charge on any atom is -0.456 e. The summed E-state index contributed by atoms with van der Waals surface area (Å²) in [6.07, 6.45) is 0. The van der Waals surface area contributed by atoms with Crippen molar-refractivity contribution in [2.45, 2.75) is 52.4 Å². The van der Waals surface area contributed by atoms with Gasteiger partial charge in [0.15, 0.2) is 0 Å². The molecule has 0 atom stereocenters. The standard InChI is InChI=1S/C64H52N2O2/c1-63(2,3)47-23-26-49(27-24-47)65(52-25-22-42-16-10-11-17-43(42)33-52)53-28-30-55-57-34-45-37-60-58(35-46(45)36-59(57)67-61(55)39-53)56-31-29-54(40-62(56)68-60)66(51-21-13-19-48(38-51)64(4,5)6)50-20-12-18-44(32-50)41-14-8-7-9-15-41/h7-40H,1-6H3. The van der Waals surface area contributed by atoms with Gasteiger partial charge in [-0.2, -0.15) is 0 Å². The summed E-state index contributed by atoms with van der Waals surface area (Å²) < 4.78 is 13.6. The van der Waals surface area contributed by atoms with Crippen molar-refractivity contribution in [2.75, 3.05) is 9.80 Å². The zero-order valence-electron chi connectivity index (χ0n) is 39.3. The second-order valence-electron chi connectivity index (χ2n) is 20.3. The molecule has 0 unspecified atom stereocenters. The number of anilines is 6. The molecule has 0 bridgehead atoms. The lowest BCUT2D eigenvalue weighted by atomic mass is 9.87. The van der Waals surface area contributed by atoms with Crippen LogP contribution in [-0.2, 0) is 10.8 Å². The molecule has 0 saturated heterocycles. The Kier molecular flexibility index (Phi) is 9.60. The van der Waals surface area contributed by atoms with E-state index >= 15 is 0 Å². The molecule has 0 N–H and O–H groups in total. The van der Waals surface area contributed by atoms with Gasteiger partial charge in [-0.25, -0.2) is 0 Å². The van der Waals surface area contributed by atoms with E-state index < -0.39 is 0 Å². The predicted octanol–water partition coefficient (Wildman–Crippen LogP) is 19.0. The first-order chi connectivity index (χ1) is 32.9. The quantitative estimate of drug-likeness (QED) is 0.160. The summed E-state index contributed by atoms with van der Waals surface area (Å²) in [5.74, 6) is 0. The topological polar surface area (TPSA) is 32.8 Å². The molecule has 4 heteroatoms. The maximum absolute atomic E-state index is 6.80. The molecule has 10 aromatic carbocycles. The van der Waals surface area contributed by atoms with Gasteiger partial charge in [0.05, 0.1) is 0 Å². The van der Waals surface area contributed by atoms with E-state index in [1.807, 2.05) is 0 Å². The fourth-order valence-corrected chi connectivity index (χ4v) is 9.94. The van der Waals surface area contributed by atoms with E-state index in [0.717, 1.165) is 88.8 Å². The zero-order valence-corrected chi connectivity index (χ0v) is 39.3. The van der Waals surface area contributed by atoms with Crippen molar-refractivity contribution < 1.29 is 8.83 Å². The van der Waals surface area contributed by atoms with Gasteiger partial charge in [0.1, 0.15) is 22.3 Å². The number of rotatable bonds is 7. The van der Waals surface area contributed by atoms with Crippen LogP contribution in [0.15, 0.2) is 215 Å². The van der Waals surface area contributed by atoms with Gasteiger partial charge in [0.25, 0.3) is 0 Å². The molecule has 330 valence electrons. The van der Waals surface area contributed by atoms with Crippen molar-refractivity contribution in [3.05, 3.63) is 217 Å². The van der Waals surface area contributed by atoms with Crippen LogP contribution in [0.5, 0.6) is 0 Å². The van der Waals surface area contributed by atoms with Crippen LogP contribution in [0.1, 0.15) is 52.7 Å². The molecule has 0 spiro atoms. The largest absolute Gasteiger partial charge is 0.456 e. The highest BCUT2D eigenvalue weighted by Gasteiger charge is 2.22. The summed E-state index contributed by atoms with van der Waals surface area (Å²) in [6.45, 7) is 13.6. The van der Waals surface area contributed by atoms with Crippen molar-refractivity contribution in [1.29, 1.82) is 0 Å². The lowest BCUT2D eigenvalue weighted by Gasteiger charge is -2.28. The summed E-state index contributed by atoms with van der Waals surface area (Å²) in [4.78, 5) is 4.68. The summed E-state index contributed by atoms with van der Waals surface area (Å²) in [7, 11) is 0. The van der Waals surface area contributed by atoms with Crippen molar-refractivity contribution in [2.24, 2.45) is 0 Å². The van der Waals surface area contributed by atoms with Crippen LogP contribution in [-0.4, -0.2) is 0 Å². The molecule has 0 aliphatic heterocycles. The van der Waals surface area contributed by atoms with Gasteiger partial charge < -0.3 is 18.6 Å². The van der Waals surface area contributed by atoms with Crippen LogP contribution in [0.25, 0.3) is 76.5 Å². The lowest BCUT2D eigenvalue weighted by molar-refractivity contribution is 0.590. The summed E-state index contributed by atoms with van der Waals surface area (Å²) >= 11 is 0. The first-order valence-electron chi connectivity index (χ1n) is 23.6. The number of fused-ring (bicyclic) bond motifs is 8. The molecule has 2 heterocycles. The van der Waals surface area contributed by atoms with Crippen LogP contribution in [0.4, 0.5) is 34.1 Å². The Balaban J connectivity index is 0.945. The van der Waals surface area contributed by atoms with Gasteiger partial charge in [0.2, 0.25) is 0 Å². The van der Waals surface area contributed by atoms with E-state index in [1.54, 1.807) is 0 Å². The van der Waals surface area contributed by atoms with E-state index in [4.69, 9.17) is 8.83 Å². The summed E-state index contributed by atoms with van der Waals surface area (Å²) in [5, 5.41) is 8.93. The molecule has 4 nitrogen and oxygen atoms in total. The molecule has 68 heavy (non-hydrogen) atoms. The van der Waals surface area contributed by atoms with Gasteiger partial charge in [-0.05, 0) is 152 Å². The van der Waals surface area contributed by atoms with Crippen molar-refractivity contribution in [3.63, 3.8) is 0 Å². The molecule has 0 aliphatic rings. The van der Waals surface area contributed by atoms with E-state index in [-0.39, 0.29) is 10.8 Å². The highest BCUT2D eigenvalue weighted by molar-refractivity contribution is 6.15. The number of benzene rings is 10. The van der Waals surface area contributed by atoms with Crippen LogP contribution in [0.3, 0.4) is 0 Å². The Bertz CT molecular complexity index is 3880. The Morgan fingerprint density at radius 1 is 0.279 bits per heavy atom. The second kappa shape index (κ2) is 15.8. The van der Waals surface area contributed by atoms with Crippen molar-refractivity contribution in [3.8, 4) is 11.1 Å². The molecule has 12 rings (SSSR count). The first-order valence-corrected chi connectivity index (χ1v) is 23.6. The fourth-order valence-electron chi connectivity index (χ4n) is 9.94. The molecule has 2 aromatic heterocycles. The van der Waals surface area contributed by atoms with Crippen LogP contribution in [0.2, 0.25) is 0 Å². The second-order valence-corrected chi connectivity index (χ2v) is 20.3. The van der Waals surface area contributed by atoms with Crippen LogP contribution >= 0.6 is 0 Å². The fraction of sp³-hybridized carbons (Fsp3) is 0.125. The maximum atomic E-state index is 6.80. The minimum absolute atomic E-state index is 0.00641. The Morgan fingerprint density at radius 3 is 1.37 bits per heavy atom. The van der Waals surface area contributed by atoms with Crippen LogP contribution < -0.4 is 9.80 Å². The van der Waals surface area contributed by atoms with E-state index in [2.05, 4.69) is 258 Å². The normalized spacial score (nSPS) is 12.3. The van der Waals surface area contributed by atoms with E-state index in [0.29, 0.717) is 0 Å². The van der Waals surface area contributed by atoms with Gasteiger partial charge in [-0.3, -0.25) is 0 Å². The summed E-state index contributed by atoms with van der Waals surface area (Å²) in [5.41, 5.74) is 14.8. The molecule has 0 radical (unpaired) electrons. The van der Waals surface area contributed by atoms with Gasteiger partial charge in [-0.1, -0.05) is 139 Å². The average molecular weight is 881 g/mol. The van der Waals surface area contributed by atoms with Gasteiger partial charge >= 0.3 is 0 Å². The van der Waals surface area contributed by atoms with Crippen LogP contribution in [0, 0.1) is 0 Å². The number of nitrogens with zero attached hydrogens (tertiary/aromatic N) is 2. The first kappa shape index (κ1) is 41.4. The number of furan rings is 2. The molecule has 0 fully saturated rings. The third kappa shape index (κ3) is 7.34. The molecular weight excluding hydrogens is 829 g/mol. The smallest absolute Gasteiger partial charge is 0.137 e. The third-order valence-corrected chi connectivity index (χ3v) is 13.7. The molecule has 0 amide bonds. The highest BCUT2D eigenvalue weighted by atomic mass is 16.3. The number of hydrogen-bond donors (Lipinski definition) is 0. The number of hydrogen-bond acceptors (Lipinski definition) is 4. The molecule has 0 aliphatic carbocycles. The SMILES string of the molecule is CC(C)(C)c1ccc(N(c2ccc3ccccc3c2)c2ccc3c(c2)oc2cc4cc5c(cc4cc23)oc2cc(N(c3cccc(-c4ccccc4)c3)c3cccc(C(C)(C)C)c3)ccc25)cc1.